The molecule has 0 aromatic heterocycles. The van der Waals surface area contributed by atoms with Crippen LogP contribution in [0, 0.1) is 0 Å². The standard InChI is InChI=1S/C12H19NO3S/c1-4-7-17(14,15)10-5-6-11(13)12(8-10)16-9(2)3/h5-6,8-9H,4,7,13H2,1-3H3. The number of nitrogen functional groups attached to an aromatic ring is 1. The van der Waals surface area contributed by atoms with Crippen molar-refractivity contribution in [3.8, 4) is 5.75 Å². The maximum Gasteiger partial charge on any atom is 0.178 e. The molecule has 96 valence electrons. The number of benzene rings is 1. The summed E-state index contributed by atoms with van der Waals surface area (Å²) >= 11 is 0. The second-order valence-corrected chi connectivity index (χ2v) is 6.29. The monoisotopic (exact) mass is 257 g/mol. The highest BCUT2D eigenvalue weighted by molar-refractivity contribution is 7.91. The van der Waals surface area contributed by atoms with E-state index in [0.29, 0.717) is 17.9 Å². The summed E-state index contributed by atoms with van der Waals surface area (Å²) in [6.45, 7) is 5.57. The first-order valence-corrected chi connectivity index (χ1v) is 7.31. The summed E-state index contributed by atoms with van der Waals surface area (Å²) in [5.74, 6) is 0.565. The molecule has 0 saturated carbocycles. The maximum atomic E-state index is 11.9. The highest BCUT2D eigenvalue weighted by Gasteiger charge is 2.15. The van der Waals surface area contributed by atoms with Gasteiger partial charge >= 0.3 is 0 Å². The van der Waals surface area contributed by atoms with Gasteiger partial charge in [-0.05, 0) is 32.4 Å². The van der Waals surface area contributed by atoms with E-state index in [2.05, 4.69) is 0 Å². The van der Waals surface area contributed by atoms with Crippen LogP contribution in [0.5, 0.6) is 5.75 Å². The number of ether oxygens (including phenoxy) is 1. The molecule has 0 aliphatic rings. The van der Waals surface area contributed by atoms with E-state index < -0.39 is 9.84 Å². The van der Waals surface area contributed by atoms with Crippen LogP contribution in [0.2, 0.25) is 0 Å². The van der Waals surface area contributed by atoms with E-state index in [9.17, 15) is 8.42 Å². The second kappa shape index (κ2) is 5.40. The Bertz CT molecular complexity index is 481. The number of sulfone groups is 1. The van der Waals surface area contributed by atoms with Gasteiger partial charge in [0.2, 0.25) is 0 Å². The van der Waals surface area contributed by atoms with Gasteiger partial charge in [-0.1, -0.05) is 6.92 Å². The van der Waals surface area contributed by atoms with Gasteiger partial charge < -0.3 is 10.5 Å². The highest BCUT2D eigenvalue weighted by atomic mass is 32.2. The fraction of sp³-hybridized carbons (Fsp3) is 0.500. The van der Waals surface area contributed by atoms with Gasteiger partial charge in [-0.2, -0.15) is 0 Å². The smallest absolute Gasteiger partial charge is 0.178 e. The van der Waals surface area contributed by atoms with Crippen molar-refractivity contribution in [1.82, 2.24) is 0 Å². The van der Waals surface area contributed by atoms with Gasteiger partial charge in [0.25, 0.3) is 0 Å². The zero-order valence-corrected chi connectivity index (χ0v) is 11.3. The molecule has 0 spiro atoms. The third-order valence-corrected chi connectivity index (χ3v) is 4.10. The molecular weight excluding hydrogens is 238 g/mol. The van der Waals surface area contributed by atoms with Crippen LogP contribution in [0.25, 0.3) is 0 Å². The molecule has 17 heavy (non-hydrogen) atoms. The Hall–Kier alpha value is -1.23. The molecule has 1 rings (SSSR count). The summed E-state index contributed by atoms with van der Waals surface area (Å²) in [5, 5.41) is 0. The molecule has 4 nitrogen and oxygen atoms in total. The van der Waals surface area contributed by atoms with Gasteiger partial charge in [0.05, 0.1) is 22.4 Å². The first-order valence-electron chi connectivity index (χ1n) is 5.65. The van der Waals surface area contributed by atoms with Crippen LogP contribution in [0.15, 0.2) is 23.1 Å². The molecule has 2 N–H and O–H groups in total. The van der Waals surface area contributed by atoms with Crippen molar-refractivity contribution in [2.24, 2.45) is 0 Å². The first kappa shape index (κ1) is 13.8. The van der Waals surface area contributed by atoms with Gasteiger partial charge in [0.15, 0.2) is 9.84 Å². The molecule has 0 fully saturated rings. The minimum absolute atomic E-state index is 0.0403. The Morgan fingerprint density at radius 2 is 2.00 bits per heavy atom. The fourth-order valence-electron chi connectivity index (χ4n) is 1.45. The summed E-state index contributed by atoms with van der Waals surface area (Å²) in [7, 11) is -3.22. The van der Waals surface area contributed by atoms with E-state index in [1.54, 1.807) is 6.07 Å². The molecule has 5 heteroatoms. The maximum absolute atomic E-state index is 11.9. The summed E-state index contributed by atoms with van der Waals surface area (Å²) in [6.07, 6.45) is 0.550. The Balaban J connectivity index is 3.12. The van der Waals surface area contributed by atoms with Crippen molar-refractivity contribution in [3.63, 3.8) is 0 Å². The number of rotatable bonds is 5. The van der Waals surface area contributed by atoms with Crippen molar-refractivity contribution in [2.45, 2.75) is 38.2 Å². The fourth-order valence-corrected chi connectivity index (χ4v) is 2.79. The van der Waals surface area contributed by atoms with Gasteiger partial charge in [0, 0.05) is 6.07 Å². The summed E-state index contributed by atoms with van der Waals surface area (Å²) < 4.78 is 29.2. The molecule has 0 amide bonds. The minimum Gasteiger partial charge on any atom is -0.489 e. The van der Waals surface area contributed by atoms with E-state index in [1.165, 1.54) is 12.1 Å². The van der Waals surface area contributed by atoms with Crippen LogP contribution in [0.4, 0.5) is 5.69 Å². The van der Waals surface area contributed by atoms with Gasteiger partial charge in [-0.25, -0.2) is 8.42 Å². The zero-order valence-electron chi connectivity index (χ0n) is 10.4. The Morgan fingerprint density at radius 3 is 2.53 bits per heavy atom. The SMILES string of the molecule is CCCS(=O)(=O)c1ccc(N)c(OC(C)C)c1. The Kier molecular flexibility index (Phi) is 4.40. The van der Waals surface area contributed by atoms with Crippen LogP contribution in [-0.2, 0) is 9.84 Å². The number of hydrogen-bond acceptors (Lipinski definition) is 4. The molecule has 0 radical (unpaired) electrons. The summed E-state index contributed by atoms with van der Waals surface area (Å²) in [4.78, 5) is 0.268. The van der Waals surface area contributed by atoms with Crippen LogP contribution in [-0.4, -0.2) is 20.3 Å². The molecular formula is C12H19NO3S. The van der Waals surface area contributed by atoms with E-state index in [1.807, 2.05) is 20.8 Å². The lowest BCUT2D eigenvalue weighted by Crippen LogP contribution is -2.10. The summed E-state index contributed by atoms with van der Waals surface area (Å²) in [6, 6.07) is 4.59. The van der Waals surface area contributed by atoms with Crippen LogP contribution in [0.3, 0.4) is 0 Å². The van der Waals surface area contributed by atoms with Crippen molar-refractivity contribution in [3.05, 3.63) is 18.2 Å². The van der Waals surface area contributed by atoms with E-state index in [0.717, 1.165) is 0 Å². The minimum atomic E-state index is -3.22. The lowest BCUT2D eigenvalue weighted by atomic mass is 10.3. The number of anilines is 1. The molecule has 0 aliphatic carbocycles. The van der Waals surface area contributed by atoms with Crippen LogP contribution < -0.4 is 10.5 Å². The summed E-state index contributed by atoms with van der Waals surface area (Å²) in [5.41, 5.74) is 6.19. The molecule has 0 unspecified atom stereocenters. The first-order chi connectivity index (χ1) is 7.86. The predicted octanol–water partition coefficient (Wildman–Crippen LogP) is 2.24. The van der Waals surface area contributed by atoms with E-state index in [-0.39, 0.29) is 16.8 Å². The normalized spacial score (nSPS) is 11.8. The number of hydrogen-bond donors (Lipinski definition) is 1. The average molecular weight is 257 g/mol. The van der Waals surface area contributed by atoms with Gasteiger partial charge in [-0.15, -0.1) is 0 Å². The van der Waals surface area contributed by atoms with E-state index >= 15 is 0 Å². The average Bonchev–Trinajstić information content (AvgIpc) is 2.20. The topological polar surface area (TPSA) is 69.4 Å². The molecule has 0 bridgehead atoms. The molecule has 1 aromatic rings. The third-order valence-electron chi connectivity index (χ3n) is 2.18. The predicted molar refractivity (Wildman–Crippen MR) is 69.0 cm³/mol. The van der Waals surface area contributed by atoms with Gasteiger partial charge in [-0.3, -0.25) is 0 Å². The molecule has 0 saturated heterocycles. The van der Waals surface area contributed by atoms with Crippen molar-refractivity contribution >= 4 is 15.5 Å². The van der Waals surface area contributed by atoms with Gasteiger partial charge in [0.1, 0.15) is 5.75 Å². The largest absolute Gasteiger partial charge is 0.489 e. The van der Waals surface area contributed by atoms with Crippen molar-refractivity contribution in [2.75, 3.05) is 11.5 Å². The lowest BCUT2D eigenvalue weighted by molar-refractivity contribution is 0.243. The van der Waals surface area contributed by atoms with Crippen molar-refractivity contribution < 1.29 is 13.2 Å². The lowest BCUT2D eigenvalue weighted by Gasteiger charge is -2.13. The molecule has 1 aromatic carbocycles. The second-order valence-electron chi connectivity index (χ2n) is 4.19. The molecule has 0 heterocycles. The quantitative estimate of drug-likeness (QED) is 0.821. The van der Waals surface area contributed by atoms with Crippen LogP contribution >= 0.6 is 0 Å². The Labute approximate surface area is 103 Å². The highest BCUT2D eigenvalue weighted by Crippen LogP contribution is 2.26. The van der Waals surface area contributed by atoms with Crippen LogP contribution in [0.1, 0.15) is 27.2 Å². The Morgan fingerprint density at radius 1 is 1.35 bits per heavy atom. The molecule has 0 atom stereocenters. The van der Waals surface area contributed by atoms with Crippen molar-refractivity contribution in [1.29, 1.82) is 0 Å². The zero-order chi connectivity index (χ0) is 13.1. The van der Waals surface area contributed by atoms with E-state index in [4.69, 9.17) is 10.5 Å². The molecule has 0 aliphatic heterocycles. The third kappa shape index (κ3) is 3.63. The number of nitrogens with two attached hydrogens (primary N) is 1.